The van der Waals surface area contributed by atoms with Crippen LogP contribution in [-0.4, -0.2) is 49.1 Å². The summed E-state index contributed by atoms with van der Waals surface area (Å²) in [5.74, 6) is 0.888. The molecule has 0 radical (unpaired) electrons. The van der Waals surface area contributed by atoms with Crippen molar-refractivity contribution in [2.75, 3.05) is 19.1 Å². The van der Waals surface area contributed by atoms with Gasteiger partial charge in [0.2, 0.25) is 0 Å². The van der Waals surface area contributed by atoms with Gasteiger partial charge in [0.25, 0.3) is 11.8 Å². The normalized spacial score (nSPS) is 19.9. The largest absolute Gasteiger partial charge is 0.496 e. The van der Waals surface area contributed by atoms with Gasteiger partial charge in [-0.2, -0.15) is 0 Å². The van der Waals surface area contributed by atoms with Crippen LogP contribution >= 0.6 is 0 Å². The molecule has 2 aromatic carbocycles. The number of nitrogens with zero attached hydrogens (tertiary/aromatic N) is 2. The fourth-order valence-corrected chi connectivity index (χ4v) is 5.79. The summed E-state index contributed by atoms with van der Waals surface area (Å²) in [5.41, 5.74) is 2.55. The Labute approximate surface area is 227 Å². The first-order valence-corrected chi connectivity index (χ1v) is 13.2. The van der Waals surface area contributed by atoms with E-state index in [0.29, 0.717) is 22.4 Å². The molecular formula is C30H33FN4O4. The summed E-state index contributed by atoms with van der Waals surface area (Å²) in [6, 6.07) is 14.4. The average Bonchev–Trinajstić information content (AvgIpc) is 3.21. The van der Waals surface area contributed by atoms with E-state index in [1.165, 1.54) is 19.2 Å². The number of hydrogen-bond donors (Lipinski definition) is 2. The first-order chi connectivity index (χ1) is 18.9. The zero-order valence-electron chi connectivity index (χ0n) is 22.4. The van der Waals surface area contributed by atoms with Gasteiger partial charge >= 0.3 is 0 Å². The Kier molecular flexibility index (Phi) is 7.67. The van der Waals surface area contributed by atoms with Crippen molar-refractivity contribution in [2.45, 2.75) is 57.3 Å². The number of rotatable bonds is 8. The Bertz CT molecular complexity index is 1350. The zero-order valence-corrected chi connectivity index (χ0v) is 22.4. The van der Waals surface area contributed by atoms with E-state index in [1.807, 2.05) is 31.2 Å². The number of hydrogen-bond acceptors (Lipinski definition) is 6. The lowest BCUT2D eigenvalue weighted by Gasteiger charge is -2.40. The quantitative estimate of drug-likeness (QED) is 0.447. The lowest BCUT2D eigenvalue weighted by atomic mass is 9.96. The standard InChI is InChI=1S/C30H33FN4O4/c1-18-24(5-4-6-26(18)38-2)30(37)34-21-14-22-9-10-23(15-21)35(22)28-12-8-20(17-32-28)29(36)33-16-19-7-11-27(39-3)25(31)13-19/h4-8,11-13,17,21-23H,9-10,14-16H2,1-3H3,(H,33,36)(H,34,37). The number of aromatic nitrogens is 1. The molecule has 0 aliphatic carbocycles. The minimum Gasteiger partial charge on any atom is -0.496 e. The van der Waals surface area contributed by atoms with Gasteiger partial charge in [-0.1, -0.05) is 12.1 Å². The van der Waals surface area contributed by atoms with Crippen molar-refractivity contribution in [3.05, 3.63) is 82.8 Å². The number of halogens is 1. The van der Waals surface area contributed by atoms with Gasteiger partial charge in [0.15, 0.2) is 11.6 Å². The molecule has 2 aliphatic heterocycles. The molecule has 2 atom stereocenters. The Balaban J connectivity index is 1.18. The van der Waals surface area contributed by atoms with E-state index in [-0.39, 0.29) is 42.2 Å². The number of piperidine rings is 1. The number of pyridine rings is 1. The number of fused-ring (bicyclic) bond motifs is 2. The second kappa shape index (κ2) is 11.3. The second-order valence-corrected chi connectivity index (χ2v) is 10.1. The van der Waals surface area contributed by atoms with Gasteiger partial charge < -0.3 is 25.0 Å². The molecule has 39 heavy (non-hydrogen) atoms. The Morgan fingerprint density at radius 3 is 2.38 bits per heavy atom. The maximum absolute atomic E-state index is 13.9. The fraction of sp³-hybridized carbons (Fsp3) is 0.367. The van der Waals surface area contributed by atoms with Crippen molar-refractivity contribution in [1.29, 1.82) is 0 Å². The Morgan fingerprint density at radius 1 is 1.00 bits per heavy atom. The van der Waals surface area contributed by atoms with Crippen LogP contribution in [0.2, 0.25) is 0 Å². The van der Waals surface area contributed by atoms with Gasteiger partial charge in [-0.3, -0.25) is 9.59 Å². The first kappa shape index (κ1) is 26.5. The molecule has 204 valence electrons. The molecule has 2 saturated heterocycles. The first-order valence-electron chi connectivity index (χ1n) is 13.2. The lowest BCUT2D eigenvalue weighted by Crippen LogP contribution is -2.50. The van der Waals surface area contributed by atoms with Crippen LogP contribution in [-0.2, 0) is 6.54 Å². The van der Waals surface area contributed by atoms with Crippen LogP contribution in [0, 0.1) is 12.7 Å². The van der Waals surface area contributed by atoms with Crippen LogP contribution in [0.5, 0.6) is 11.5 Å². The number of benzene rings is 2. The summed E-state index contributed by atoms with van der Waals surface area (Å²) in [6.45, 7) is 2.09. The van der Waals surface area contributed by atoms with Crippen molar-refractivity contribution in [2.24, 2.45) is 0 Å². The van der Waals surface area contributed by atoms with E-state index in [2.05, 4.69) is 20.5 Å². The second-order valence-electron chi connectivity index (χ2n) is 10.1. The molecule has 2 N–H and O–H groups in total. The summed E-state index contributed by atoms with van der Waals surface area (Å²) >= 11 is 0. The molecule has 5 rings (SSSR count). The SMILES string of the molecule is COc1ccc(CNC(=O)c2ccc(N3C4CCC3CC(NC(=O)c3cccc(OC)c3C)C4)nc2)cc1F. The van der Waals surface area contributed by atoms with Gasteiger partial charge in [-0.15, -0.1) is 0 Å². The van der Waals surface area contributed by atoms with E-state index in [0.717, 1.165) is 37.1 Å². The van der Waals surface area contributed by atoms with Gasteiger partial charge in [0.05, 0.1) is 19.8 Å². The molecular weight excluding hydrogens is 499 g/mol. The molecule has 2 fully saturated rings. The monoisotopic (exact) mass is 532 g/mol. The highest BCUT2D eigenvalue weighted by Crippen LogP contribution is 2.38. The minimum atomic E-state index is -0.469. The highest BCUT2D eigenvalue weighted by atomic mass is 19.1. The van der Waals surface area contributed by atoms with Gasteiger partial charge in [-0.25, -0.2) is 9.37 Å². The number of ether oxygens (including phenoxy) is 2. The van der Waals surface area contributed by atoms with E-state index in [1.54, 1.807) is 25.4 Å². The molecule has 8 nitrogen and oxygen atoms in total. The van der Waals surface area contributed by atoms with Crippen LogP contribution in [0.25, 0.3) is 0 Å². The van der Waals surface area contributed by atoms with Gasteiger partial charge in [-0.05, 0) is 74.6 Å². The van der Waals surface area contributed by atoms with Crippen LogP contribution in [0.15, 0.2) is 54.7 Å². The molecule has 0 spiro atoms. The predicted octanol–water partition coefficient (Wildman–Crippen LogP) is 4.41. The number of nitrogens with one attached hydrogen (secondary N) is 2. The Morgan fingerprint density at radius 2 is 1.74 bits per heavy atom. The topological polar surface area (TPSA) is 92.8 Å². The molecule has 3 aromatic rings. The van der Waals surface area contributed by atoms with Crippen molar-refractivity contribution in [3.8, 4) is 11.5 Å². The van der Waals surface area contributed by atoms with Crippen molar-refractivity contribution in [1.82, 2.24) is 15.6 Å². The minimum absolute atomic E-state index is 0.0740. The smallest absolute Gasteiger partial charge is 0.253 e. The maximum atomic E-state index is 13.9. The number of anilines is 1. The molecule has 3 heterocycles. The molecule has 2 unspecified atom stereocenters. The van der Waals surface area contributed by atoms with Crippen molar-refractivity contribution >= 4 is 17.6 Å². The number of carbonyl (C=O) groups is 2. The number of methoxy groups -OCH3 is 2. The van der Waals surface area contributed by atoms with Crippen molar-refractivity contribution < 1.29 is 23.5 Å². The van der Waals surface area contributed by atoms with Gasteiger partial charge in [0, 0.05) is 42.0 Å². The molecule has 0 saturated carbocycles. The van der Waals surface area contributed by atoms with Crippen molar-refractivity contribution in [3.63, 3.8) is 0 Å². The third kappa shape index (κ3) is 5.53. The van der Waals surface area contributed by atoms with E-state index >= 15 is 0 Å². The third-order valence-corrected chi connectivity index (χ3v) is 7.76. The number of carbonyl (C=O) groups excluding carboxylic acids is 2. The molecule has 9 heteroatoms. The molecule has 2 aliphatic rings. The van der Waals surface area contributed by atoms with Crippen LogP contribution in [0.3, 0.4) is 0 Å². The molecule has 2 bridgehead atoms. The number of amides is 2. The Hall–Kier alpha value is -4.14. The van der Waals surface area contributed by atoms with E-state index in [4.69, 9.17) is 9.47 Å². The zero-order chi connectivity index (χ0) is 27.5. The summed E-state index contributed by atoms with van der Waals surface area (Å²) in [7, 11) is 3.02. The van der Waals surface area contributed by atoms with Crippen LogP contribution < -0.4 is 25.0 Å². The van der Waals surface area contributed by atoms with Crippen LogP contribution in [0.4, 0.5) is 10.2 Å². The summed E-state index contributed by atoms with van der Waals surface area (Å²) < 4.78 is 24.2. The highest BCUT2D eigenvalue weighted by molar-refractivity contribution is 5.96. The summed E-state index contributed by atoms with van der Waals surface area (Å²) in [6.07, 6.45) is 5.34. The molecule has 1 aromatic heterocycles. The predicted molar refractivity (Wildman–Crippen MR) is 146 cm³/mol. The fourth-order valence-electron chi connectivity index (χ4n) is 5.79. The van der Waals surface area contributed by atoms with E-state index < -0.39 is 5.82 Å². The van der Waals surface area contributed by atoms with E-state index in [9.17, 15) is 14.0 Å². The summed E-state index contributed by atoms with van der Waals surface area (Å²) in [5, 5.41) is 6.05. The molecule has 2 amide bonds. The maximum Gasteiger partial charge on any atom is 0.253 e. The van der Waals surface area contributed by atoms with Gasteiger partial charge in [0.1, 0.15) is 11.6 Å². The lowest BCUT2D eigenvalue weighted by molar-refractivity contribution is 0.0923. The third-order valence-electron chi connectivity index (χ3n) is 7.76. The highest BCUT2D eigenvalue weighted by Gasteiger charge is 2.42. The average molecular weight is 533 g/mol. The summed E-state index contributed by atoms with van der Waals surface area (Å²) in [4.78, 5) is 32.6. The van der Waals surface area contributed by atoms with Crippen LogP contribution in [0.1, 0.15) is 57.5 Å².